The van der Waals surface area contributed by atoms with Crippen LogP contribution in [0.15, 0.2) is 59.5 Å². The van der Waals surface area contributed by atoms with Crippen LogP contribution in [0.4, 0.5) is 5.69 Å². The number of anilines is 1. The number of nitrogens with one attached hydrogen (secondary N) is 1. The SMILES string of the molecule is CC(=O)c1ccc(NC(=O)CCS(=O)(=O)c2ccccc2)cc1. The van der Waals surface area contributed by atoms with Gasteiger partial charge >= 0.3 is 0 Å². The molecule has 0 spiro atoms. The maximum absolute atomic E-state index is 12.1. The molecule has 2 aromatic rings. The molecule has 0 unspecified atom stereocenters. The second kappa shape index (κ2) is 7.19. The number of ketones is 1. The van der Waals surface area contributed by atoms with Gasteiger partial charge < -0.3 is 5.32 Å². The normalized spacial score (nSPS) is 11.0. The van der Waals surface area contributed by atoms with Crippen molar-refractivity contribution in [2.75, 3.05) is 11.1 Å². The Morgan fingerprint density at radius 2 is 1.57 bits per heavy atom. The van der Waals surface area contributed by atoms with Crippen molar-refractivity contribution in [1.82, 2.24) is 0 Å². The van der Waals surface area contributed by atoms with E-state index >= 15 is 0 Å². The Morgan fingerprint density at radius 3 is 2.13 bits per heavy atom. The summed E-state index contributed by atoms with van der Waals surface area (Å²) in [4.78, 5) is 23.2. The first-order valence-corrected chi connectivity index (χ1v) is 8.72. The van der Waals surface area contributed by atoms with Crippen molar-refractivity contribution in [1.29, 1.82) is 0 Å². The van der Waals surface area contributed by atoms with Crippen LogP contribution in [-0.2, 0) is 14.6 Å². The van der Waals surface area contributed by atoms with Gasteiger partial charge in [0.2, 0.25) is 5.91 Å². The van der Waals surface area contributed by atoms with Gasteiger partial charge in [-0.15, -0.1) is 0 Å². The highest BCUT2D eigenvalue weighted by Gasteiger charge is 2.16. The Morgan fingerprint density at radius 1 is 0.957 bits per heavy atom. The summed E-state index contributed by atoms with van der Waals surface area (Å²) in [5.74, 6) is -0.703. The lowest BCUT2D eigenvalue weighted by Gasteiger charge is -2.07. The largest absolute Gasteiger partial charge is 0.326 e. The van der Waals surface area contributed by atoms with E-state index in [0.717, 1.165) is 0 Å². The first kappa shape index (κ1) is 16.9. The second-order valence-electron chi connectivity index (χ2n) is 5.06. The van der Waals surface area contributed by atoms with E-state index in [2.05, 4.69) is 5.32 Å². The van der Waals surface area contributed by atoms with Crippen molar-refractivity contribution >= 4 is 27.2 Å². The molecule has 6 heteroatoms. The topological polar surface area (TPSA) is 80.3 Å². The van der Waals surface area contributed by atoms with E-state index in [1.54, 1.807) is 42.5 Å². The summed E-state index contributed by atoms with van der Waals surface area (Å²) in [6, 6.07) is 14.5. The quantitative estimate of drug-likeness (QED) is 0.825. The van der Waals surface area contributed by atoms with Gasteiger partial charge in [0.05, 0.1) is 10.6 Å². The van der Waals surface area contributed by atoms with Gasteiger partial charge in [0.15, 0.2) is 15.6 Å². The van der Waals surface area contributed by atoms with Crippen molar-refractivity contribution < 1.29 is 18.0 Å². The second-order valence-corrected chi connectivity index (χ2v) is 7.17. The van der Waals surface area contributed by atoms with E-state index in [1.807, 2.05) is 0 Å². The molecule has 1 N–H and O–H groups in total. The number of rotatable bonds is 6. The van der Waals surface area contributed by atoms with E-state index in [9.17, 15) is 18.0 Å². The van der Waals surface area contributed by atoms with Gasteiger partial charge in [0.25, 0.3) is 0 Å². The molecule has 0 aromatic heterocycles. The zero-order chi connectivity index (χ0) is 16.9. The highest BCUT2D eigenvalue weighted by molar-refractivity contribution is 7.91. The minimum atomic E-state index is -3.47. The first-order chi connectivity index (χ1) is 10.9. The Hall–Kier alpha value is -2.47. The Balaban J connectivity index is 1.94. The summed E-state index contributed by atoms with van der Waals surface area (Å²) >= 11 is 0. The van der Waals surface area contributed by atoms with Gasteiger partial charge in [-0.3, -0.25) is 9.59 Å². The lowest BCUT2D eigenvalue weighted by molar-refractivity contribution is -0.115. The summed E-state index contributed by atoms with van der Waals surface area (Å²) in [5, 5.41) is 2.62. The molecular formula is C17H17NO4S. The number of carbonyl (C=O) groups excluding carboxylic acids is 2. The fraction of sp³-hybridized carbons (Fsp3) is 0.176. The zero-order valence-electron chi connectivity index (χ0n) is 12.7. The summed E-state index contributed by atoms with van der Waals surface area (Å²) in [7, 11) is -3.47. The van der Waals surface area contributed by atoms with Gasteiger partial charge in [0, 0.05) is 17.7 Å². The molecular weight excluding hydrogens is 314 g/mol. The minimum Gasteiger partial charge on any atom is -0.326 e. The maximum atomic E-state index is 12.1. The average molecular weight is 331 g/mol. The molecule has 0 saturated carbocycles. The molecule has 0 saturated heterocycles. The average Bonchev–Trinajstić information content (AvgIpc) is 2.54. The molecule has 0 bridgehead atoms. The highest BCUT2D eigenvalue weighted by Crippen LogP contribution is 2.13. The minimum absolute atomic E-state index is 0.0585. The first-order valence-electron chi connectivity index (χ1n) is 7.07. The van der Waals surface area contributed by atoms with E-state index in [4.69, 9.17) is 0 Å². The molecule has 2 rings (SSSR count). The third-order valence-corrected chi connectivity index (χ3v) is 5.01. The molecule has 5 nitrogen and oxygen atoms in total. The molecule has 23 heavy (non-hydrogen) atoms. The molecule has 0 atom stereocenters. The Kier molecular flexibility index (Phi) is 5.28. The van der Waals surface area contributed by atoms with Crippen LogP contribution in [-0.4, -0.2) is 25.9 Å². The molecule has 0 aliphatic heterocycles. The molecule has 0 fully saturated rings. The van der Waals surface area contributed by atoms with Crippen LogP contribution in [0.25, 0.3) is 0 Å². The van der Waals surface area contributed by atoms with Crippen molar-refractivity contribution in [3.8, 4) is 0 Å². The van der Waals surface area contributed by atoms with Crippen LogP contribution < -0.4 is 5.32 Å². The number of benzene rings is 2. The highest BCUT2D eigenvalue weighted by atomic mass is 32.2. The summed E-state index contributed by atoms with van der Waals surface area (Å²) in [6.07, 6.45) is -0.133. The maximum Gasteiger partial charge on any atom is 0.225 e. The van der Waals surface area contributed by atoms with Gasteiger partial charge in [0.1, 0.15) is 0 Å². The molecule has 1 amide bonds. The summed E-state index contributed by atoms with van der Waals surface area (Å²) in [6.45, 7) is 1.46. The molecule has 2 aromatic carbocycles. The third-order valence-electron chi connectivity index (χ3n) is 3.28. The fourth-order valence-corrected chi connectivity index (χ4v) is 3.25. The van der Waals surface area contributed by atoms with Crippen LogP contribution in [0.1, 0.15) is 23.7 Å². The van der Waals surface area contributed by atoms with Crippen LogP contribution in [0.5, 0.6) is 0 Å². The van der Waals surface area contributed by atoms with Gasteiger partial charge in [-0.1, -0.05) is 18.2 Å². The number of hydrogen-bond donors (Lipinski definition) is 1. The zero-order valence-corrected chi connectivity index (χ0v) is 13.5. The molecule has 0 aliphatic rings. The summed E-state index contributed by atoms with van der Waals surface area (Å²) < 4.78 is 24.2. The van der Waals surface area contributed by atoms with E-state index < -0.39 is 9.84 Å². The monoisotopic (exact) mass is 331 g/mol. The lowest BCUT2D eigenvalue weighted by atomic mass is 10.1. The van der Waals surface area contributed by atoms with Crippen molar-refractivity contribution in [3.63, 3.8) is 0 Å². The van der Waals surface area contributed by atoms with E-state index in [0.29, 0.717) is 11.3 Å². The molecule has 0 aliphatic carbocycles. The predicted molar refractivity (Wildman–Crippen MR) is 88.2 cm³/mol. The van der Waals surface area contributed by atoms with Crippen LogP contribution in [0.3, 0.4) is 0 Å². The van der Waals surface area contributed by atoms with Crippen LogP contribution in [0.2, 0.25) is 0 Å². The number of carbonyl (C=O) groups is 2. The smallest absolute Gasteiger partial charge is 0.225 e. The Labute approximate surface area is 135 Å². The number of sulfone groups is 1. The van der Waals surface area contributed by atoms with E-state index in [1.165, 1.54) is 19.1 Å². The van der Waals surface area contributed by atoms with Crippen molar-refractivity contribution in [2.45, 2.75) is 18.2 Å². The third kappa shape index (κ3) is 4.75. The van der Waals surface area contributed by atoms with Gasteiger partial charge in [-0.25, -0.2) is 8.42 Å². The number of amides is 1. The van der Waals surface area contributed by atoms with Crippen LogP contribution in [0, 0.1) is 0 Å². The summed E-state index contributed by atoms with van der Waals surface area (Å²) in [5.41, 5.74) is 1.08. The number of Topliss-reactive ketones (excluding diaryl/α,β-unsaturated/α-hetero) is 1. The van der Waals surface area contributed by atoms with Crippen LogP contribution >= 0.6 is 0 Å². The van der Waals surface area contributed by atoms with Gasteiger partial charge in [-0.2, -0.15) is 0 Å². The molecule has 120 valence electrons. The lowest BCUT2D eigenvalue weighted by Crippen LogP contribution is -2.17. The fourth-order valence-electron chi connectivity index (χ4n) is 1.98. The van der Waals surface area contributed by atoms with Gasteiger partial charge in [-0.05, 0) is 43.3 Å². The Bertz CT molecular complexity index is 796. The van der Waals surface area contributed by atoms with E-state index in [-0.39, 0.29) is 28.8 Å². The number of hydrogen-bond acceptors (Lipinski definition) is 4. The molecule has 0 radical (unpaired) electrons. The standard InChI is InChI=1S/C17H17NO4S/c1-13(19)14-7-9-15(10-8-14)18-17(20)11-12-23(21,22)16-5-3-2-4-6-16/h2-10H,11-12H2,1H3,(H,18,20). The predicted octanol–water partition coefficient (Wildman–Crippen LogP) is 2.69. The van der Waals surface area contributed by atoms with Crippen molar-refractivity contribution in [2.24, 2.45) is 0 Å². The molecule has 0 heterocycles. The van der Waals surface area contributed by atoms with Crippen molar-refractivity contribution in [3.05, 3.63) is 60.2 Å².